The van der Waals surface area contributed by atoms with Gasteiger partial charge in [-0.15, -0.1) is 5.10 Å². The standard InChI is InChI=1S/C19H20N4O3/c1-26-15-9-7-14(8-10-15)18(13-5-6-13)20-17(24)12-23-19(25)22-11-3-2-4-16(22)21-23/h2-4,7-11,13,18H,5-6,12H2,1H3,(H,20,24). The Morgan fingerprint density at radius 1 is 1.27 bits per heavy atom. The molecule has 1 aliphatic rings. The van der Waals surface area contributed by atoms with Crippen LogP contribution in [0.2, 0.25) is 0 Å². The largest absolute Gasteiger partial charge is 0.497 e. The number of nitrogens with one attached hydrogen (secondary N) is 1. The summed E-state index contributed by atoms with van der Waals surface area (Å²) in [7, 11) is 1.63. The van der Waals surface area contributed by atoms with Crippen molar-refractivity contribution in [2.45, 2.75) is 25.4 Å². The monoisotopic (exact) mass is 352 g/mol. The third kappa shape index (κ3) is 3.20. The lowest BCUT2D eigenvalue weighted by Crippen LogP contribution is -2.35. The van der Waals surface area contributed by atoms with Crippen LogP contribution in [0.4, 0.5) is 0 Å². The zero-order valence-corrected chi connectivity index (χ0v) is 14.5. The predicted octanol–water partition coefficient (Wildman–Crippen LogP) is 1.77. The van der Waals surface area contributed by atoms with E-state index in [9.17, 15) is 9.59 Å². The van der Waals surface area contributed by atoms with E-state index in [1.54, 1.807) is 31.5 Å². The van der Waals surface area contributed by atoms with Gasteiger partial charge in [-0.3, -0.25) is 9.20 Å². The third-order valence-electron chi connectivity index (χ3n) is 4.67. The van der Waals surface area contributed by atoms with Crippen LogP contribution in [0.5, 0.6) is 5.75 Å². The second-order valence-electron chi connectivity index (χ2n) is 6.52. The van der Waals surface area contributed by atoms with Crippen molar-refractivity contribution in [1.82, 2.24) is 19.5 Å². The maximum atomic E-state index is 12.5. The van der Waals surface area contributed by atoms with Crippen LogP contribution >= 0.6 is 0 Å². The van der Waals surface area contributed by atoms with Crippen molar-refractivity contribution in [3.63, 3.8) is 0 Å². The molecule has 3 aromatic rings. The average Bonchev–Trinajstić information content (AvgIpc) is 3.46. The maximum absolute atomic E-state index is 12.5. The molecule has 2 heterocycles. The van der Waals surface area contributed by atoms with E-state index in [4.69, 9.17) is 4.74 Å². The van der Waals surface area contributed by atoms with Crippen LogP contribution in [0, 0.1) is 5.92 Å². The van der Waals surface area contributed by atoms with E-state index in [-0.39, 0.29) is 24.2 Å². The molecule has 0 aliphatic heterocycles. The van der Waals surface area contributed by atoms with Gasteiger partial charge in [-0.25, -0.2) is 9.48 Å². The number of carbonyl (C=O) groups excluding carboxylic acids is 1. The number of ether oxygens (including phenoxy) is 1. The molecule has 0 spiro atoms. The van der Waals surface area contributed by atoms with Gasteiger partial charge in [0.1, 0.15) is 12.3 Å². The number of hydrogen-bond acceptors (Lipinski definition) is 4. The Morgan fingerprint density at radius 2 is 2.04 bits per heavy atom. The number of aromatic nitrogens is 3. The van der Waals surface area contributed by atoms with Gasteiger partial charge in [0, 0.05) is 6.20 Å². The molecule has 1 saturated carbocycles. The van der Waals surface area contributed by atoms with E-state index in [0.29, 0.717) is 11.6 Å². The van der Waals surface area contributed by atoms with Gasteiger partial charge in [0.15, 0.2) is 5.65 Å². The minimum absolute atomic E-state index is 0.0545. The molecule has 1 atom stereocenters. The Labute approximate surface area is 150 Å². The quantitative estimate of drug-likeness (QED) is 0.733. The van der Waals surface area contributed by atoms with E-state index < -0.39 is 0 Å². The van der Waals surface area contributed by atoms with Gasteiger partial charge in [0.25, 0.3) is 0 Å². The van der Waals surface area contributed by atoms with Gasteiger partial charge in [-0.05, 0) is 48.6 Å². The van der Waals surface area contributed by atoms with Crippen LogP contribution < -0.4 is 15.7 Å². The molecule has 1 amide bonds. The molecular weight excluding hydrogens is 332 g/mol. The summed E-state index contributed by atoms with van der Waals surface area (Å²) in [5.41, 5.74) is 1.26. The highest BCUT2D eigenvalue weighted by molar-refractivity contribution is 5.76. The van der Waals surface area contributed by atoms with Crippen molar-refractivity contribution in [2.75, 3.05) is 7.11 Å². The number of methoxy groups -OCH3 is 1. The maximum Gasteiger partial charge on any atom is 0.350 e. The molecule has 0 bridgehead atoms. The fourth-order valence-corrected chi connectivity index (χ4v) is 3.14. The lowest BCUT2D eigenvalue weighted by Gasteiger charge is -2.19. The predicted molar refractivity (Wildman–Crippen MR) is 96.1 cm³/mol. The zero-order valence-electron chi connectivity index (χ0n) is 14.5. The van der Waals surface area contributed by atoms with Crippen LogP contribution in [-0.2, 0) is 11.3 Å². The van der Waals surface area contributed by atoms with E-state index >= 15 is 0 Å². The minimum atomic E-state index is -0.317. The molecule has 1 aliphatic carbocycles. The summed E-state index contributed by atoms with van der Waals surface area (Å²) >= 11 is 0. The molecule has 26 heavy (non-hydrogen) atoms. The number of amides is 1. The van der Waals surface area contributed by atoms with Crippen LogP contribution in [0.3, 0.4) is 0 Å². The first-order chi connectivity index (χ1) is 12.7. The number of hydrogen-bond donors (Lipinski definition) is 1. The molecule has 1 N–H and O–H groups in total. The number of fused-ring (bicyclic) bond motifs is 1. The van der Waals surface area contributed by atoms with Gasteiger partial charge in [-0.1, -0.05) is 18.2 Å². The van der Waals surface area contributed by atoms with E-state index in [1.807, 2.05) is 24.3 Å². The molecular formula is C19H20N4O3. The van der Waals surface area contributed by atoms with E-state index in [2.05, 4.69) is 10.4 Å². The zero-order chi connectivity index (χ0) is 18.1. The normalized spacial score (nSPS) is 15.0. The molecule has 1 unspecified atom stereocenters. The molecule has 2 aromatic heterocycles. The average molecular weight is 352 g/mol. The molecule has 0 radical (unpaired) electrons. The topological polar surface area (TPSA) is 77.6 Å². The van der Waals surface area contributed by atoms with Gasteiger partial charge < -0.3 is 10.1 Å². The highest BCUT2D eigenvalue weighted by Gasteiger charge is 2.33. The molecule has 134 valence electrons. The summed E-state index contributed by atoms with van der Waals surface area (Å²) < 4.78 is 7.81. The fraction of sp³-hybridized carbons (Fsp3) is 0.316. The van der Waals surface area contributed by atoms with Crippen LogP contribution in [-0.4, -0.2) is 27.2 Å². The Balaban J connectivity index is 1.51. The van der Waals surface area contributed by atoms with Crippen molar-refractivity contribution in [3.05, 3.63) is 64.7 Å². The fourth-order valence-electron chi connectivity index (χ4n) is 3.14. The summed E-state index contributed by atoms with van der Waals surface area (Å²) in [5, 5.41) is 7.27. The van der Waals surface area contributed by atoms with Gasteiger partial charge >= 0.3 is 5.69 Å². The van der Waals surface area contributed by atoms with Crippen molar-refractivity contribution in [2.24, 2.45) is 5.92 Å². The first-order valence-corrected chi connectivity index (χ1v) is 8.63. The molecule has 1 fully saturated rings. The Bertz CT molecular complexity index is 986. The van der Waals surface area contributed by atoms with Gasteiger partial charge in [-0.2, -0.15) is 0 Å². The summed E-state index contributed by atoms with van der Waals surface area (Å²) in [5.74, 6) is 0.999. The number of carbonyl (C=O) groups is 1. The Morgan fingerprint density at radius 3 is 2.69 bits per heavy atom. The van der Waals surface area contributed by atoms with Crippen molar-refractivity contribution in [3.8, 4) is 5.75 Å². The number of rotatable bonds is 6. The highest BCUT2D eigenvalue weighted by Crippen LogP contribution is 2.41. The smallest absolute Gasteiger partial charge is 0.350 e. The van der Waals surface area contributed by atoms with Crippen LogP contribution in [0.15, 0.2) is 53.5 Å². The second-order valence-corrected chi connectivity index (χ2v) is 6.52. The lowest BCUT2D eigenvalue weighted by atomic mass is 10.0. The number of nitrogens with zero attached hydrogens (tertiary/aromatic N) is 3. The van der Waals surface area contributed by atoms with Crippen molar-refractivity contribution < 1.29 is 9.53 Å². The Hall–Kier alpha value is -3.09. The summed E-state index contributed by atoms with van der Waals surface area (Å²) in [6.07, 6.45) is 3.82. The first-order valence-electron chi connectivity index (χ1n) is 8.63. The van der Waals surface area contributed by atoms with Crippen molar-refractivity contribution >= 4 is 11.6 Å². The molecule has 7 nitrogen and oxygen atoms in total. The third-order valence-corrected chi connectivity index (χ3v) is 4.67. The molecule has 0 saturated heterocycles. The minimum Gasteiger partial charge on any atom is -0.497 e. The summed E-state index contributed by atoms with van der Waals surface area (Å²) in [6, 6.07) is 13.0. The molecule has 4 rings (SSSR count). The van der Waals surface area contributed by atoms with Gasteiger partial charge in [0.05, 0.1) is 13.2 Å². The first kappa shape index (κ1) is 16.4. The molecule has 1 aromatic carbocycles. The molecule has 7 heteroatoms. The SMILES string of the molecule is COc1ccc(C(NC(=O)Cn2nc3ccccn3c2=O)C2CC2)cc1. The number of benzene rings is 1. The van der Waals surface area contributed by atoms with E-state index in [1.165, 1.54) is 9.08 Å². The van der Waals surface area contributed by atoms with Crippen molar-refractivity contribution in [1.29, 1.82) is 0 Å². The number of pyridine rings is 1. The van der Waals surface area contributed by atoms with Gasteiger partial charge in [0.2, 0.25) is 5.91 Å². The summed E-state index contributed by atoms with van der Waals surface area (Å²) in [4.78, 5) is 24.8. The van der Waals surface area contributed by atoms with Crippen LogP contribution in [0.1, 0.15) is 24.4 Å². The summed E-state index contributed by atoms with van der Waals surface area (Å²) in [6.45, 7) is -0.0973. The van der Waals surface area contributed by atoms with Crippen LogP contribution in [0.25, 0.3) is 5.65 Å². The van der Waals surface area contributed by atoms with E-state index in [0.717, 1.165) is 24.2 Å². The highest BCUT2D eigenvalue weighted by atomic mass is 16.5. The lowest BCUT2D eigenvalue weighted by molar-refractivity contribution is -0.122. The Kier molecular flexibility index (Phi) is 4.20. The second kappa shape index (κ2) is 6.67.